The van der Waals surface area contributed by atoms with Gasteiger partial charge in [0.05, 0.1) is 10.1 Å². The minimum absolute atomic E-state index is 0.0317. The van der Waals surface area contributed by atoms with E-state index in [-0.39, 0.29) is 22.2 Å². The van der Waals surface area contributed by atoms with Crippen LogP contribution < -0.4 is 5.09 Å². The van der Waals surface area contributed by atoms with Crippen molar-refractivity contribution in [1.29, 1.82) is 0 Å². The van der Waals surface area contributed by atoms with Gasteiger partial charge in [-0.25, -0.2) is 14.4 Å². The van der Waals surface area contributed by atoms with Crippen molar-refractivity contribution in [2.24, 2.45) is 0 Å². The number of hydrogen-bond acceptors (Lipinski definition) is 3. The quantitative estimate of drug-likeness (QED) is 0.453. The van der Waals surface area contributed by atoms with Crippen molar-refractivity contribution < 1.29 is 4.57 Å². The van der Waals surface area contributed by atoms with E-state index in [2.05, 4.69) is 79.4 Å². The molecule has 7 heteroatoms. The Balaban J connectivity index is 1.78. The highest BCUT2D eigenvalue weighted by atomic mass is 32.2. The maximum Gasteiger partial charge on any atom is 0.285 e. The monoisotopic (exact) mass is 481 g/mol. The van der Waals surface area contributed by atoms with Gasteiger partial charge in [0.25, 0.3) is 7.59 Å². The predicted octanol–water partition coefficient (Wildman–Crippen LogP) is 6.76. The van der Waals surface area contributed by atoms with Crippen LogP contribution in [0.2, 0.25) is 0 Å². The summed E-state index contributed by atoms with van der Waals surface area (Å²) in [7, 11) is -2.95. The molecule has 3 fully saturated rings. The average Bonchev–Trinajstić information content (AvgIpc) is 3.01. The molecule has 0 spiro atoms. The fraction of sp³-hybridized carbons (Fsp3) is 0.750. The van der Waals surface area contributed by atoms with Gasteiger partial charge in [0.2, 0.25) is 0 Å². The third kappa shape index (κ3) is 4.55. The van der Waals surface area contributed by atoms with Gasteiger partial charge >= 0.3 is 0 Å². The number of benzene rings is 1. The zero-order chi connectivity index (χ0) is 22.2. The van der Waals surface area contributed by atoms with Crippen molar-refractivity contribution in [3.8, 4) is 0 Å². The molecule has 0 bridgehead atoms. The molecule has 2 aliphatic heterocycles. The molecule has 1 aromatic rings. The molecule has 2 heterocycles. The summed E-state index contributed by atoms with van der Waals surface area (Å²) in [6.45, 7) is 11.3. The van der Waals surface area contributed by atoms with E-state index in [1.54, 1.807) is 0 Å². The maximum atomic E-state index is 15.2. The van der Waals surface area contributed by atoms with Crippen LogP contribution in [0.4, 0.5) is 0 Å². The average molecular weight is 482 g/mol. The lowest BCUT2D eigenvalue weighted by molar-refractivity contribution is 0.173. The van der Waals surface area contributed by atoms with E-state index in [1.807, 2.05) is 23.5 Å². The summed E-state index contributed by atoms with van der Waals surface area (Å²) in [6.07, 6.45) is 6.08. The highest BCUT2D eigenvalue weighted by Gasteiger charge is 2.58. The maximum absolute atomic E-state index is 15.2. The largest absolute Gasteiger partial charge is 0.285 e. The van der Waals surface area contributed by atoms with E-state index in [1.165, 1.54) is 36.3 Å². The molecule has 4 nitrogen and oxygen atoms in total. The fourth-order valence-electron chi connectivity index (χ4n) is 5.88. The number of fused-ring (bicyclic) bond motifs is 1. The topological polar surface area (TPSA) is 35.6 Å². The molecule has 174 valence electrons. The molecule has 0 radical (unpaired) electrons. The Morgan fingerprint density at radius 3 is 1.94 bits per heavy atom. The summed E-state index contributed by atoms with van der Waals surface area (Å²) >= 11 is 4.08. The first-order valence-corrected chi connectivity index (χ1v) is 15.6. The highest BCUT2D eigenvalue weighted by molar-refractivity contribution is 8.18. The lowest BCUT2D eigenvalue weighted by Gasteiger charge is -2.45. The first-order chi connectivity index (χ1) is 14.8. The van der Waals surface area contributed by atoms with Crippen LogP contribution in [0.25, 0.3) is 0 Å². The Labute approximate surface area is 198 Å². The van der Waals surface area contributed by atoms with Crippen molar-refractivity contribution in [2.45, 2.75) is 101 Å². The standard InChI is InChI=1S/C24H40N3OPS2/c1-18(2)26-21-14-9-10-15-22(21)27(19(3)4)29(26,28)25-23(20-12-7-6-8-13-20)24(5)30-16-11-17-31-24/h6-8,12-13,18-19,21-23H,9-11,14-17H2,1-5H3,(H,25,28)/t21-,22-,23-/m1/s1. The zero-order valence-corrected chi connectivity index (χ0v) is 22.3. The molecule has 2 saturated heterocycles. The third-order valence-corrected chi connectivity index (χ3v) is 13.8. The van der Waals surface area contributed by atoms with Crippen LogP contribution in [0.15, 0.2) is 30.3 Å². The molecular weight excluding hydrogens is 441 g/mol. The van der Waals surface area contributed by atoms with Gasteiger partial charge in [0.15, 0.2) is 0 Å². The van der Waals surface area contributed by atoms with Crippen LogP contribution in [0, 0.1) is 0 Å². The van der Waals surface area contributed by atoms with Gasteiger partial charge in [-0.3, -0.25) is 4.57 Å². The highest BCUT2D eigenvalue weighted by Crippen LogP contribution is 2.65. The van der Waals surface area contributed by atoms with Crippen LogP contribution in [-0.4, -0.2) is 49.1 Å². The summed E-state index contributed by atoms with van der Waals surface area (Å²) < 4.78 is 20.0. The van der Waals surface area contributed by atoms with Crippen LogP contribution in [0.3, 0.4) is 0 Å². The van der Waals surface area contributed by atoms with Crippen LogP contribution in [-0.2, 0) is 4.57 Å². The molecule has 4 rings (SSSR count). The number of hydrogen-bond donors (Lipinski definition) is 1. The Morgan fingerprint density at radius 2 is 1.45 bits per heavy atom. The normalized spacial score (nSPS) is 29.9. The molecular formula is C24H40N3OPS2. The number of rotatable bonds is 6. The number of nitrogens with one attached hydrogen (secondary N) is 1. The van der Waals surface area contributed by atoms with Crippen molar-refractivity contribution >= 4 is 31.1 Å². The smallest absolute Gasteiger partial charge is 0.270 e. The Hall–Kier alpha value is 0.0300. The van der Waals surface area contributed by atoms with E-state index in [4.69, 9.17) is 0 Å². The van der Waals surface area contributed by atoms with Gasteiger partial charge in [0, 0.05) is 24.2 Å². The minimum Gasteiger partial charge on any atom is -0.270 e. The van der Waals surface area contributed by atoms with E-state index in [0.29, 0.717) is 12.1 Å². The Bertz CT molecular complexity index is 756. The van der Waals surface area contributed by atoms with Crippen molar-refractivity contribution in [1.82, 2.24) is 14.4 Å². The lowest BCUT2D eigenvalue weighted by Crippen LogP contribution is -2.44. The van der Waals surface area contributed by atoms with E-state index >= 15 is 4.57 Å². The molecule has 31 heavy (non-hydrogen) atoms. The minimum atomic E-state index is -2.95. The molecule has 3 aliphatic rings. The van der Waals surface area contributed by atoms with Crippen molar-refractivity contribution in [2.75, 3.05) is 11.5 Å². The van der Waals surface area contributed by atoms with E-state index < -0.39 is 7.59 Å². The Kier molecular flexibility index (Phi) is 7.58. The second kappa shape index (κ2) is 9.72. The summed E-state index contributed by atoms with van der Waals surface area (Å²) in [4.78, 5) is 0. The zero-order valence-electron chi connectivity index (χ0n) is 19.8. The van der Waals surface area contributed by atoms with Gasteiger partial charge in [0.1, 0.15) is 0 Å². The second-order valence-electron chi connectivity index (χ2n) is 9.95. The third-order valence-electron chi connectivity index (χ3n) is 7.08. The summed E-state index contributed by atoms with van der Waals surface area (Å²) in [6, 6.07) is 12.1. The summed E-state index contributed by atoms with van der Waals surface area (Å²) in [5.41, 5.74) is 1.25. The van der Waals surface area contributed by atoms with Crippen LogP contribution in [0.5, 0.6) is 0 Å². The predicted molar refractivity (Wildman–Crippen MR) is 138 cm³/mol. The van der Waals surface area contributed by atoms with Gasteiger partial charge in [-0.2, -0.15) is 0 Å². The molecule has 1 aromatic carbocycles. The number of nitrogens with zero attached hydrogens (tertiary/aromatic N) is 2. The molecule has 0 aromatic heterocycles. The van der Waals surface area contributed by atoms with Gasteiger partial charge < -0.3 is 0 Å². The van der Waals surface area contributed by atoms with Crippen molar-refractivity contribution in [3.63, 3.8) is 0 Å². The van der Waals surface area contributed by atoms with Gasteiger partial charge in [-0.15, -0.1) is 23.5 Å². The summed E-state index contributed by atoms with van der Waals surface area (Å²) in [5, 5.41) is 3.90. The first kappa shape index (κ1) is 24.2. The van der Waals surface area contributed by atoms with Crippen LogP contribution >= 0.6 is 31.1 Å². The molecule has 1 saturated carbocycles. The number of thioether (sulfide) groups is 2. The van der Waals surface area contributed by atoms with Crippen LogP contribution in [0.1, 0.15) is 78.3 Å². The van der Waals surface area contributed by atoms with Gasteiger partial charge in [-0.05, 0) is 71.0 Å². The van der Waals surface area contributed by atoms with E-state index in [0.717, 1.165) is 12.8 Å². The molecule has 3 atom stereocenters. The summed E-state index contributed by atoms with van der Waals surface area (Å²) in [5.74, 6) is 2.34. The fourth-order valence-corrected chi connectivity index (χ4v) is 13.0. The second-order valence-corrected chi connectivity index (χ2v) is 15.6. The Morgan fingerprint density at radius 1 is 0.935 bits per heavy atom. The van der Waals surface area contributed by atoms with Crippen molar-refractivity contribution in [3.05, 3.63) is 35.9 Å². The molecule has 1 N–H and O–H groups in total. The first-order valence-electron chi connectivity index (χ1n) is 12.1. The van der Waals surface area contributed by atoms with E-state index in [9.17, 15) is 0 Å². The molecule has 0 amide bonds. The molecule has 0 unspecified atom stereocenters. The lowest BCUT2D eigenvalue weighted by atomic mass is 9.89. The molecule has 1 aliphatic carbocycles. The SMILES string of the molecule is CC(C)N1[C@@H]2CCCC[C@H]2N(C(C)C)P1(=O)N[C@H](c1ccccc1)C1(C)SCCCS1. The van der Waals surface area contributed by atoms with Gasteiger partial charge in [-0.1, -0.05) is 43.2 Å².